The predicted octanol–water partition coefficient (Wildman–Crippen LogP) is 3.55. The number of ether oxygens (including phenoxy) is 1. The lowest BCUT2D eigenvalue weighted by molar-refractivity contribution is 0.370. The largest absolute Gasteiger partial charge is 0.497 e. The molecule has 2 unspecified atom stereocenters. The van der Waals surface area contributed by atoms with Crippen molar-refractivity contribution in [3.63, 3.8) is 0 Å². The van der Waals surface area contributed by atoms with Crippen molar-refractivity contribution < 1.29 is 4.74 Å². The number of hydrogen-bond donors (Lipinski definition) is 1. The summed E-state index contributed by atoms with van der Waals surface area (Å²) in [6, 6.07) is 8.80. The summed E-state index contributed by atoms with van der Waals surface area (Å²) in [4.78, 5) is 2.32. The molecule has 0 fully saturated rings. The first kappa shape index (κ1) is 16.8. The number of rotatable bonds is 9. The van der Waals surface area contributed by atoms with Gasteiger partial charge in [-0.1, -0.05) is 27.2 Å². The van der Waals surface area contributed by atoms with E-state index in [4.69, 9.17) is 4.74 Å². The zero-order valence-electron chi connectivity index (χ0n) is 13.6. The van der Waals surface area contributed by atoms with Gasteiger partial charge in [0.25, 0.3) is 0 Å². The molecule has 1 aromatic carbocycles. The Morgan fingerprint density at radius 2 is 1.85 bits per heavy atom. The van der Waals surface area contributed by atoms with Gasteiger partial charge in [-0.2, -0.15) is 0 Å². The van der Waals surface area contributed by atoms with Crippen molar-refractivity contribution >= 4 is 5.69 Å². The number of anilines is 1. The van der Waals surface area contributed by atoms with Crippen molar-refractivity contribution in [2.75, 3.05) is 32.1 Å². The molecular weight excluding hydrogens is 248 g/mol. The second kappa shape index (κ2) is 8.85. The first-order valence-electron chi connectivity index (χ1n) is 7.70. The minimum absolute atomic E-state index is 0.534. The molecule has 1 N–H and O–H groups in total. The van der Waals surface area contributed by atoms with Crippen LogP contribution in [0.1, 0.15) is 33.6 Å². The first-order chi connectivity index (χ1) is 9.62. The Morgan fingerprint density at radius 1 is 1.20 bits per heavy atom. The Hall–Kier alpha value is -1.22. The lowest BCUT2D eigenvalue weighted by Gasteiger charge is -2.30. The minimum Gasteiger partial charge on any atom is -0.497 e. The smallest absolute Gasteiger partial charge is 0.119 e. The molecule has 0 bridgehead atoms. The lowest BCUT2D eigenvalue weighted by atomic mass is 9.98. The van der Waals surface area contributed by atoms with Gasteiger partial charge < -0.3 is 15.0 Å². The number of methoxy groups -OCH3 is 1. The third-order valence-corrected chi connectivity index (χ3v) is 3.97. The summed E-state index contributed by atoms with van der Waals surface area (Å²) >= 11 is 0. The van der Waals surface area contributed by atoms with Crippen molar-refractivity contribution in [3.05, 3.63) is 24.3 Å². The average molecular weight is 278 g/mol. The van der Waals surface area contributed by atoms with Gasteiger partial charge in [0.15, 0.2) is 0 Å². The van der Waals surface area contributed by atoms with E-state index in [0.29, 0.717) is 12.0 Å². The molecule has 0 amide bonds. The number of nitrogens with one attached hydrogen (secondary N) is 1. The van der Waals surface area contributed by atoms with E-state index in [1.54, 1.807) is 7.11 Å². The molecule has 0 radical (unpaired) electrons. The second-order valence-corrected chi connectivity index (χ2v) is 5.52. The molecule has 2 atom stereocenters. The third-order valence-electron chi connectivity index (χ3n) is 3.97. The van der Waals surface area contributed by atoms with Gasteiger partial charge in [-0.05, 0) is 43.1 Å². The van der Waals surface area contributed by atoms with Crippen molar-refractivity contribution in [1.29, 1.82) is 0 Å². The SMILES string of the molecule is CCCNC(CN(C)c1ccc(OC)cc1)C(C)CC. The maximum Gasteiger partial charge on any atom is 0.119 e. The van der Waals surface area contributed by atoms with Crippen LogP contribution in [0.3, 0.4) is 0 Å². The fourth-order valence-electron chi connectivity index (χ4n) is 2.30. The molecule has 0 aromatic heterocycles. The summed E-state index contributed by atoms with van der Waals surface area (Å²) < 4.78 is 5.21. The Labute approximate surface area is 124 Å². The molecule has 0 aliphatic heterocycles. The van der Waals surface area contributed by atoms with Crippen LogP contribution in [0.25, 0.3) is 0 Å². The number of nitrogens with zero attached hydrogens (tertiary/aromatic N) is 1. The maximum atomic E-state index is 5.21. The van der Waals surface area contributed by atoms with Crippen LogP contribution in [0.2, 0.25) is 0 Å². The van der Waals surface area contributed by atoms with Crippen molar-refractivity contribution in [2.45, 2.75) is 39.7 Å². The zero-order chi connectivity index (χ0) is 15.0. The molecule has 0 saturated carbocycles. The number of likely N-dealkylation sites (N-methyl/N-ethyl adjacent to an activating group) is 1. The van der Waals surface area contributed by atoms with Gasteiger partial charge in [0.2, 0.25) is 0 Å². The lowest BCUT2D eigenvalue weighted by Crippen LogP contribution is -2.44. The molecule has 20 heavy (non-hydrogen) atoms. The van der Waals surface area contributed by atoms with E-state index in [9.17, 15) is 0 Å². The fourth-order valence-corrected chi connectivity index (χ4v) is 2.30. The summed E-state index contributed by atoms with van der Waals surface area (Å²) in [6.45, 7) is 8.93. The molecule has 0 saturated heterocycles. The number of benzene rings is 1. The van der Waals surface area contributed by atoms with E-state index in [1.807, 2.05) is 12.1 Å². The van der Waals surface area contributed by atoms with Crippen LogP contribution in [0.4, 0.5) is 5.69 Å². The topological polar surface area (TPSA) is 24.5 Å². The molecule has 0 aliphatic rings. The summed E-state index contributed by atoms with van der Waals surface area (Å²) in [5, 5.41) is 3.68. The molecule has 3 nitrogen and oxygen atoms in total. The first-order valence-corrected chi connectivity index (χ1v) is 7.70. The molecule has 3 heteroatoms. The van der Waals surface area contributed by atoms with Crippen LogP contribution >= 0.6 is 0 Å². The minimum atomic E-state index is 0.534. The van der Waals surface area contributed by atoms with E-state index in [1.165, 1.54) is 18.5 Å². The zero-order valence-corrected chi connectivity index (χ0v) is 13.6. The van der Waals surface area contributed by atoms with E-state index >= 15 is 0 Å². The van der Waals surface area contributed by atoms with Crippen LogP contribution in [0.15, 0.2) is 24.3 Å². The van der Waals surface area contributed by atoms with Crippen LogP contribution in [-0.2, 0) is 0 Å². The van der Waals surface area contributed by atoms with Gasteiger partial charge in [-0.3, -0.25) is 0 Å². The molecule has 0 spiro atoms. The summed E-state index contributed by atoms with van der Waals surface area (Å²) in [6.07, 6.45) is 2.39. The van der Waals surface area contributed by atoms with Gasteiger partial charge in [0.05, 0.1) is 7.11 Å². The summed E-state index contributed by atoms with van der Waals surface area (Å²) in [7, 11) is 3.86. The Morgan fingerprint density at radius 3 is 2.35 bits per heavy atom. The highest BCUT2D eigenvalue weighted by Gasteiger charge is 2.17. The molecule has 1 aromatic rings. The van der Waals surface area contributed by atoms with E-state index in [-0.39, 0.29) is 0 Å². The Balaban J connectivity index is 2.65. The second-order valence-electron chi connectivity index (χ2n) is 5.52. The van der Waals surface area contributed by atoms with Crippen LogP contribution in [0, 0.1) is 5.92 Å². The number of hydrogen-bond acceptors (Lipinski definition) is 3. The quantitative estimate of drug-likeness (QED) is 0.747. The van der Waals surface area contributed by atoms with Gasteiger partial charge in [-0.25, -0.2) is 0 Å². The van der Waals surface area contributed by atoms with Crippen molar-refractivity contribution in [1.82, 2.24) is 5.32 Å². The third kappa shape index (κ3) is 5.04. The standard InChI is InChI=1S/C17H30N2O/c1-6-12-18-17(14(3)7-2)13-19(4)15-8-10-16(20-5)11-9-15/h8-11,14,17-18H,6-7,12-13H2,1-5H3. The van der Waals surface area contributed by atoms with Gasteiger partial charge >= 0.3 is 0 Å². The van der Waals surface area contributed by atoms with Crippen LogP contribution in [-0.4, -0.2) is 33.3 Å². The molecular formula is C17H30N2O. The average Bonchev–Trinajstić information content (AvgIpc) is 2.50. The van der Waals surface area contributed by atoms with Gasteiger partial charge in [0, 0.05) is 25.3 Å². The van der Waals surface area contributed by atoms with Gasteiger partial charge in [-0.15, -0.1) is 0 Å². The van der Waals surface area contributed by atoms with Gasteiger partial charge in [0.1, 0.15) is 5.75 Å². The molecule has 1 rings (SSSR count). The summed E-state index contributed by atoms with van der Waals surface area (Å²) in [5.74, 6) is 1.59. The van der Waals surface area contributed by atoms with E-state index in [0.717, 1.165) is 18.8 Å². The van der Waals surface area contributed by atoms with E-state index < -0.39 is 0 Å². The summed E-state index contributed by atoms with van der Waals surface area (Å²) in [5.41, 5.74) is 1.23. The van der Waals surface area contributed by atoms with Crippen LogP contribution < -0.4 is 15.0 Å². The van der Waals surface area contributed by atoms with E-state index in [2.05, 4.69) is 50.2 Å². The monoisotopic (exact) mass is 278 g/mol. The van der Waals surface area contributed by atoms with Crippen molar-refractivity contribution in [2.24, 2.45) is 5.92 Å². The highest BCUT2D eigenvalue weighted by atomic mass is 16.5. The maximum absolute atomic E-state index is 5.21. The Kier molecular flexibility index (Phi) is 7.45. The molecule has 114 valence electrons. The predicted molar refractivity (Wildman–Crippen MR) is 87.8 cm³/mol. The molecule has 0 aliphatic carbocycles. The van der Waals surface area contributed by atoms with Crippen molar-refractivity contribution in [3.8, 4) is 5.75 Å². The molecule has 0 heterocycles. The van der Waals surface area contributed by atoms with Crippen LogP contribution in [0.5, 0.6) is 5.75 Å². The normalized spacial score (nSPS) is 13.8. The Bertz CT molecular complexity index is 364. The fraction of sp³-hybridized carbons (Fsp3) is 0.647. The highest BCUT2D eigenvalue weighted by molar-refractivity contribution is 5.48. The highest BCUT2D eigenvalue weighted by Crippen LogP contribution is 2.19.